The molecule has 12 aromatic rings. The molecular weight excluding hydrogens is 1960 g/mol. The number of halogens is 1. The normalized spacial score (nSPS) is 10.8. The van der Waals surface area contributed by atoms with E-state index in [0.29, 0.717) is 87.9 Å². The molecule has 0 aliphatic carbocycles. The lowest BCUT2D eigenvalue weighted by molar-refractivity contribution is -0.154. The first-order valence-corrected chi connectivity index (χ1v) is 48.8. The van der Waals surface area contributed by atoms with Crippen molar-refractivity contribution >= 4 is 192 Å². The second-order valence-electron chi connectivity index (χ2n) is 36.8. The van der Waals surface area contributed by atoms with Crippen LogP contribution in [0.3, 0.4) is 0 Å². The summed E-state index contributed by atoms with van der Waals surface area (Å²) < 4.78 is 62.0. The fourth-order valence-corrected chi connectivity index (χ4v) is 14.0. The fourth-order valence-electron chi connectivity index (χ4n) is 12.0. The number of alkyl carbamates (subject to hydrolysis) is 3. The number of benzene rings is 12. The lowest BCUT2D eigenvalue weighted by Gasteiger charge is -2.27. The summed E-state index contributed by atoms with van der Waals surface area (Å²) in [6, 6.07) is 96.2. The third-order valence-electron chi connectivity index (χ3n) is 18.7. The third-order valence-corrected chi connectivity index (χ3v) is 20.6. The number of ether oxygens (including phenoxy) is 11. The molecule has 0 spiro atoms. The molecule has 0 bridgehead atoms. The minimum atomic E-state index is -0.516. The van der Waals surface area contributed by atoms with Crippen molar-refractivity contribution < 1.29 is 71.3 Å². The molecular formula is C111H123ClN9O15S7+. The number of quaternary nitrogens is 1. The van der Waals surface area contributed by atoms with Gasteiger partial charge in [-0.05, 0) is 382 Å². The molecule has 0 saturated heterocycles. The number of thiocarbonyl (C=S) groups is 7. The number of carbonyl (C=O) groups excluding carboxylic acids is 4. The molecule has 0 fully saturated rings. The van der Waals surface area contributed by atoms with Crippen LogP contribution in [0.5, 0.6) is 40.2 Å². The highest BCUT2D eigenvalue weighted by Gasteiger charge is 2.27. The average Bonchev–Trinajstić information content (AvgIpc) is 0.817. The van der Waals surface area contributed by atoms with E-state index in [1.807, 2.05) is 389 Å². The van der Waals surface area contributed by atoms with Gasteiger partial charge in [0.05, 0.1) is 32.5 Å². The Morgan fingerprint density at radius 2 is 0.545 bits per heavy atom. The summed E-state index contributed by atoms with van der Waals surface area (Å²) in [6.45, 7) is 29.2. The number of rotatable bonds is 23. The van der Waals surface area contributed by atoms with E-state index in [0.717, 1.165) is 73.8 Å². The van der Waals surface area contributed by atoms with Gasteiger partial charge in [-0.3, -0.25) is 9.28 Å². The van der Waals surface area contributed by atoms with Crippen molar-refractivity contribution in [3.8, 4) is 40.2 Å². The standard InChI is InChI=1S/C30H33NO4S2.C23H23N2O2S2.C20H24N2O3S.C19H21ClN2O3S.C19H22N2O3S/c1-21-9-17-25(18-10-21)33-28(36)31(29(37)34-26-19-11-22(2)12-20-26)24-15-13-23(14-16-24)7-6-8-27(32)35-30(3,4)5;1-25(2,3)19-16-14-18(15-17-19)24(22(28)26-20-10-6-4-7-11-20)23(29)27-21-12-8-5-9-13-21;1-14-5-11-17(12-6-14)24-19(26)22-16-9-7-15(8-10-16)13-21-18(23)25-20(2,3)4;1-19(2,3)25-17(23)21-12-13-4-8-15(9-5-13)22-18(26)24-16-10-6-14(20)7-11-16;1-19(2,3)24-17(22)20-13-14-9-11-15(12-10-14)21-18(25)23-16-7-5-4-6-8-16/h9-20H,6-8H2,1-5H3;4-17H,1-3H3;5-12H,13H2,1-4H3,(H,21,23)(H,22,26);4-11H,12H2,1-3H3,(H,21,23)(H,22,26);4-12H,13H2,1-3H3,(H,20,22)(H,21,25)/q;+1;;;. The molecule has 12 aromatic carbocycles. The van der Waals surface area contributed by atoms with Gasteiger partial charge in [0, 0.05) is 60.3 Å². The van der Waals surface area contributed by atoms with Crippen LogP contribution in [0.25, 0.3) is 0 Å². The van der Waals surface area contributed by atoms with Gasteiger partial charge in [-0.15, -0.1) is 0 Å². The van der Waals surface area contributed by atoms with Crippen molar-refractivity contribution in [3.05, 3.63) is 353 Å². The summed E-state index contributed by atoms with van der Waals surface area (Å²) >= 11 is 43.8. The maximum absolute atomic E-state index is 12.0. The second-order valence-corrected chi connectivity index (χ2v) is 39.8. The predicted octanol–water partition coefficient (Wildman–Crippen LogP) is 27.3. The summed E-state index contributed by atoms with van der Waals surface area (Å²) in [7, 11) is 6.33. The quantitative estimate of drug-likeness (QED) is 0.0151. The van der Waals surface area contributed by atoms with Gasteiger partial charge < -0.3 is 84.0 Å². The van der Waals surface area contributed by atoms with Crippen LogP contribution in [0.4, 0.5) is 48.5 Å². The number of nitrogens with one attached hydrogen (secondary N) is 6. The zero-order valence-corrected chi connectivity index (χ0v) is 89.9. The summed E-state index contributed by atoms with van der Waals surface area (Å²) in [5.74, 6) is 4.26. The van der Waals surface area contributed by atoms with Crippen LogP contribution in [0.2, 0.25) is 5.02 Å². The highest BCUT2D eigenvalue weighted by molar-refractivity contribution is 7.82. The van der Waals surface area contributed by atoms with Crippen molar-refractivity contribution in [1.82, 2.24) is 20.4 Å². The van der Waals surface area contributed by atoms with Gasteiger partial charge in [0.15, 0.2) is 0 Å². The van der Waals surface area contributed by atoms with Crippen LogP contribution in [-0.4, -0.2) is 104 Å². The number of anilines is 5. The van der Waals surface area contributed by atoms with Crippen molar-refractivity contribution in [3.63, 3.8) is 0 Å². The number of para-hydroxylation sites is 3. The molecule has 0 aromatic heterocycles. The molecule has 32 heteroatoms. The first-order chi connectivity index (χ1) is 67.6. The lowest BCUT2D eigenvalue weighted by Crippen LogP contribution is -2.40. The number of hydrogen-bond donors (Lipinski definition) is 6. The Bertz CT molecular complexity index is 5890. The van der Waals surface area contributed by atoms with Gasteiger partial charge in [0.2, 0.25) is 0 Å². The van der Waals surface area contributed by atoms with E-state index in [1.165, 1.54) is 0 Å². The van der Waals surface area contributed by atoms with Crippen molar-refractivity contribution in [2.75, 3.05) is 46.9 Å². The molecule has 0 atom stereocenters. The Balaban J connectivity index is 0.000000220. The summed E-state index contributed by atoms with van der Waals surface area (Å²) in [5, 5.41) is 19.3. The van der Waals surface area contributed by atoms with E-state index >= 15 is 0 Å². The van der Waals surface area contributed by atoms with Gasteiger partial charge in [0.1, 0.15) is 68.3 Å². The van der Waals surface area contributed by atoms with E-state index in [4.69, 9.17) is 149 Å². The zero-order chi connectivity index (χ0) is 104. The van der Waals surface area contributed by atoms with Gasteiger partial charge in [-0.25, -0.2) is 24.2 Å². The summed E-state index contributed by atoms with van der Waals surface area (Å²) in [4.78, 5) is 50.2. The molecule has 750 valence electrons. The SMILES string of the molecule is CC(C)(C)OC(=O)NCc1ccc(NC(=S)Oc2ccc(Cl)cc2)cc1.CC(C)(C)OC(=O)NCc1ccc(NC(=S)Oc2ccccc2)cc1.C[N+](C)(C)c1ccc(N(C(=S)Oc2ccccc2)C(=S)Oc2ccccc2)cc1.Cc1ccc(OC(=S)N(C(=S)Oc2ccc(C)cc2)c2ccc(CCCC(=O)OC(C)(C)C)cc2)cc1.Cc1ccc(OC(=S)Nc2ccc(CNC(=O)OC(C)(C)C)cc2)cc1. The van der Waals surface area contributed by atoms with Gasteiger partial charge in [-0.1, -0.05) is 168 Å². The molecule has 24 nitrogen and oxygen atoms in total. The van der Waals surface area contributed by atoms with Gasteiger partial charge in [0.25, 0.3) is 36.2 Å². The van der Waals surface area contributed by atoms with E-state index < -0.39 is 40.7 Å². The minimum absolute atomic E-state index is 0.152. The average molecular weight is 2080 g/mol. The van der Waals surface area contributed by atoms with Crippen LogP contribution in [0, 0.1) is 20.8 Å². The Hall–Kier alpha value is -13.6. The Labute approximate surface area is 882 Å². The van der Waals surface area contributed by atoms with Crippen LogP contribution in [-0.2, 0) is 49.8 Å². The number of carbonyl (C=O) groups is 4. The van der Waals surface area contributed by atoms with Crippen LogP contribution in [0.1, 0.15) is 135 Å². The zero-order valence-electron chi connectivity index (χ0n) is 83.4. The molecule has 0 saturated carbocycles. The Morgan fingerprint density at radius 3 is 0.818 bits per heavy atom. The Morgan fingerprint density at radius 1 is 0.301 bits per heavy atom. The maximum Gasteiger partial charge on any atom is 0.407 e. The van der Waals surface area contributed by atoms with Gasteiger partial charge >= 0.3 is 24.2 Å². The van der Waals surface area contributed by atoms with E-state index in [-0.39, 0.29) is 42.2 Å². The molecule has 3 amide bonds. The lowest BCUT2D eigenvalue weighted by atomic mass is 10.1. The second kappa shape index (κ2) is 56.3. The highest BCUT2D eigenvalue weighted by atomic mass is 35.5. The van der Waals surface area contributed by atoms with Crippen LogP contribution in [0.15, 0.2) is 309 Å². The monoisotopic (exact) mass is 2080 g/mol. The highest BCUT2D eigenvalue weighted by Crippen LogP contribution is 2.30. The maximum atomic E-state index is 12.0. The number of amides is 3. The van der Waals surface area contributed by atoms with E-state index in [9.17, 15) is 19.2 Å². The first-order valence-electron chi connectivity index (χ1n) is 45.5. The third kappa shape index (κ3) is 45.9. The van der Waals surface area contributed by atoms with Crippen molar-refractivity contribution in [2.24, 2.45) is 0 Å². The van der Waals surface area contributed by atoms with E-state index in [2.05, 4.69) is 53.0 Å². The number of esters is 1. The van der Waals surface area contributed by atoms with Gasteiger partial charge in [-0.2, -0.15) is 0 Å². The smallest absolute Gasteiger partial charge is 0.407 e. The van der Waals surface area contributed by atoms with Crippen molar-refractivity contribution in [1.29, 1.82) is 0 Å². The fraction of sp³-hybridized carbons (Fsp3) is 0.252. The minimum Gasteiger partial charge on any atom is -0.460 e. The topological polar surface area (TPSA) is 248 Å². The molecule has 0 radical (unpaired) electrons. The van der Waals surface area contributed by atoms with E-state index in [1.54, 1.807) is 34.1 Å². The number of aryl methyl sites for hydroxylation is 4. The molecule has 0 aliphatic rings. The predicted molar refractivity (Wildman–Crippen MR) is 603 cm³/mol. The molecule has 0 aliphatic heterocycles. The van der Waals surface area contributed by atoms with Crippen LogP contribution < -0.4 is 79.3 Å². The largest absolute Gasteiger partial charge is 0.460 e. The summed E-state index contributed by atoms with van der Waals surface area (Å²) in [5.41, 5.74) is 10.3. The van der Waals surface area contributed by atoms with Crippen LogP contribution >= 0.6 is 97.1 Å². The molecule has 143 heavy (non-hydrogen) atoms. The Kier molecular flexibility index (Phi) is 45.1. The summed E-state index contributed by atoms with van der Waals surface area (Å²) in [6.07, 6.45) is 0.487. The number of nitrogens with zero attached hydrogens (tertiary/aromatic N) is 3. The number of hydrogen-bond acceptors (Lipinski definition) is 22. The molecule has 0 unspecified atom stereocenters. The molecule has 12 rings (SSSR count). The molecule has 6 N–H and O–H groups in total. The first kappa shape index (κ1) is 115. The molecule has 0 heterocycles. The van der Waals surface area contributed by atoms with Crippen molar-refractivity contribution in [2.45, 2.75) is 165 Å².